The van der Waals surface area contributed by atoms with Gasteiger partial charge < -0.3 is 14.6 Å². The van der Waals surface area contributed by atoms with Crippen molar-refractivity contribution in [3.63, 3.8) is 0 Å². The number of ether oxygens (including phenoxy) is 2. The molecule has 0 aliphatic carbocycles. The van der Waals surface area contributed by atoms with Crippen LogP contribution < -0.4 is 14.4 Å². The van der Waals surface area contributed by atoms with E-state index in [1.807, 2.05) is 0 Å². The van der Waals surface area contributed by atoms with Crippen molar-refractivity contribution in [3.8, 4) is 11.5 Å². The van der Waals surface area contributed by atoms with Crippen LogP contribution in [0.25, 0.3) is 5.76 Å². The molecule has 1 atom stereocenters. The van der Waals surface area contributed by atoms with Gasteiger partial charge in [-0.05, 0) is 48.0 Å². The van der Waals surface area contributed by atoms with Crippen molar-refractivity contribution in [3.05, 3.63) is 87.5 Å². The average molecular weight is 483 g/mol. The molecule has 0 bridgehead atoms. The molecule has 33 heavy (non-hydrogen) atoms. The maximum absolute atomic E-state index is 13.2. The fourth-order valence-corrected chi connectivity index (χ4v) is 4.44. The van der Waals surface area contributed by atoms with Crippen LogP contribution in [0.1, 0.15) is 17.2 Å². The number of nitrogens with zero attached hydrogens (tertiary/aromatic N) is 2. The monoisotopic (exact) mass is 482 g/mol. The van der Waals surface area contributed by atoms with Gasteiger partial charge in [0.05, 0.1) is 11.6 Å². The van der Waals surface area contributed by atoms with Crippen molar-refractivity contribution in [2.24, 2.45) is 0 Å². The number of pyridine rings is 1. The van der Waals surface area contributed by atoms with Gasteiger partial charge in [-0.2, -0.15) is 0 Å². The first kappa shape index (κ1) is 21.3. The zero-order valence-corrected chi connectivity index (χ0v) is 18.5. The molecule has 0 radical (unpaired) electrons. The molecule has 1 fully saturated rings. The van der Waals surface area contributed by atoms with Crippen LogP contribution in [0.5, 0.6) is 11.5 Å². The van der Waals surface area contributed by atoms with Crippen molar-refractivity contribution >= 4 is 46.5 Å². The Balaban J connectivity index is 1.72. The number of carbonyl (C=O) groups is 2. The molecule has 5 rings (SSSR count). The minimum Gasteiger partial charge on any atom is -0.507 e. The number of hydrogen-bond acceptors (Lipinski definition) is 6. The highest BCUT2D eigenvalue weighted by molar-refractivity contribution is 6.52. The Morgan fingerprint density at radius 3 is 2.52 bits per heavy atom. The third-order valence-corrected chi connectivity index (χ3v) is 5.98. The highest BCUT2D eigenvalue weighted by atomic mass is 35.5. The van der Waals surface area contributed by atoms with Crippen molar-refractivity contribution < 1.29 is 24.2 Å². The third kappa shape index (κ3) is 3.69. The maximum Gasteiger partial charge on any atom is 0.301 e. The number of benzene rings is 2. The summed E-state index contributed by atoms with van der Waals surface area (Å²) in [5.41, 5.74) is 0.602. The van der Waals surface area contributed by atoms with E-state index in [0.717, 1.165) is 0 Å². The summed E-state index contributed by atoms with van der Waals surface area (Å²) in [5.74, 6) is -0.834. The van der Waals surface area contributed by atoms with Crippen LogP contribution in [0, 0.1) is 0 Å². The lowest BCUT2D eigenvalue weighted by Crippen LogP contribution is -2.30. The molecule has 1 amide bonds. The van der Waals surface area contributed by atoms with Crippen molar-refractivity contribution in [1.29, 1.82) is 0 Å². The van der Waals surface area contributed by atoms with Crippen LogP contribution in [0.15, 0.2) is 66.4 Å². The van der Waals surface area contributed by atoms with E-state index in [1.54, 1.807) is 48.5 Å². The molecule has 3 heterocycles. The van der Waals surface area contributed by atoms with Crippen LogP contribution in [0.2, 0.25) is 10.0 Å². The van der Waals surface area contributed by atoms with Crippen LogP contribution >= 0.6 is 23.2 Å². The van der Waals surface area contributed by atoms with E-state index in [4.69, 9.17) is 32.7 Å². The summed E-state index contributed by atoms with van der Waals surface area (Å²) in [4.78, 5) is 31.8. The van der Waals surface area contributed by atoms with Gasteiger partial charge >= 0.3 is 5.91 Å². The maximum atomic E-state index is 13.2. The highest BCUT2D eigenvalue weighted by Crippen LogP contribution is 2.44. The highest BCUT2D eigenvalue weighted by Gasteiger charge is 2.48. The van der Waals surface area contributed by atoms with Gasteiger partial charge in [-0.25, -0.2) is 4.98 Å². The number of carbonyl (C=O) groups excluding carboxylic acids is 2. The lowest BCUT2D eigenvalue weighted by Gasteiger charge is -2.25. The van der Waals surface area contributed by atoms with Crippen LogP contribution in [0.4, 0.5) is 5.82 Å². The molecule has 0 spiro atoms. The Morgan fingerprint density at radius 1 is 1.00 bits per heavy atom. The van der Waals surface area contributed by atoms with E-state index in [0.29, 0.717) is 40.9 Å². The standard InChI is InChI=1S/C24H16Cl2N2O5/c25-14-5-6-15(16(26)12-14)21-20(23(30)24(31)28(21)19-3-1-2-8-27-19)22(29)13-4-7-17-18(11-13)33-10-9-32-17/h1-8,11-12,21,29H,9-10H2. The smallest absolute Gasteiger partial charge is 0.301 e. The number of aliphatic hydroxyl groups is 1. The number of amides is 1. The van der Waals surface area contributed by atoms with Gasteiger partial charge in [-0.3, -0.25) is 14.5 Å². The first-order valence-electron chi connectivity index (χ1n) is 10.0. The zero-order chi connectivity index (χ0) is 23.1. The first-order valence-corrected chi connectivity index (χ1v) is 10.8. The SMILES string of the molecule is O=C1C(=O)N(c2ccccn2)C(c2ccc(Cl)cc2Cl)C1=C(O)c1ccc2c(c1)OCCO2. The second-order valence-electron chi connectivity index (χ2n) is 7.38. The molecule has 166 valence electrons. The van der Waals surface area contributed by atoms with Crippen LogP contribution in [-0.2, 0) is 9.59 Å². The predicted octanol–water partition coefficient (Wildman–Crippen LogP) is 4.79. The molecular weight excluding hydrogens is 467 g/mol. The van der Waals surface area contributed by atoms with Gasteiger partial charge in [0, 0.05) is 21.8 Å². The van der Waals surface area contributed by atoms with Crippen molar-refractivity contribution in [2.45, 2.75) is 6.04 Å². The number of aliphatic hydroxyl groups excluding tert-OH is 1. The van der Waals surface area contributed by atoms with Crippen LogP contribution in [0.3, 0.4) is 0 Å². The fraction of sp³-hybridized carbons (Fsp3) is 0.125. The van der Waals surface area contributed by atoms with E-state index in [1.165, 1.54) is 17.2 Å². The van der Waals surface area contributed by atoms with Crippen molar-refractivity contribution in [2.75, 3.05) is 18.1 Å². The summed E-state index contributed by atoms with van der Waals surface area (Å²) in [5, 5.41) is 11.9. The molecule has 0 saturated carbocycles. The zero-order valence-electron chi connectivity index (χ0n) is 17.0. The normalized spacial score (nSPS) is 19.1. The molecule has 1 aromatic heterocycles. The van der Waals surface area contributed by atoms with Crippen LogP contribution in [-0.4, -0.2) is 35.0 Å². The molecule has 1 N–H and O–H groups in total. The topological polar surface area (TPSA) is 89.0 Å². The third-order valence-electron chi connectivity index (χ3n) is 5.41. The summed E-state index contributed by atoms with van der Waals surface area (Å²) in [7, 11) is 0. The lowest BCUT2D eigenvalue weighted by molar-refractivity contribution is -0.132. The number of anilines is 1. The average Bonchev–Trinajstić information content (AvgIpc) is 3.09. The Labute approximate surface area is 198 Å². The van der Waals surface area contributed by atoms with E-state index in [9.17, 15) is 14.7 Å². The van der Waals surface area contributed by atoms with E-state index in [-0.39, 0.29) is 22.2 Å². The quantitative estimate of drug-likeness (QED) is 0.328. The molecule has 2 aromatic carbocycles. The minimum absolute atomic E-state index is 0.119. The Morgan fingerprint density at radius 2 is 1.79 bits per heavy atom. The Hall–Kier alpha value is -3.55. The molecule has 2 aliphatic rings. The molecule has 1 unspecified atom stereocenters. The van der Waals surface area contributed by atoms with Gasteiger partial charge in [0.15, 0.2) is 11.5 Å². The second-order valence-corrected chi connectivity index (χ2v) is 8.22. The largest absolute Gasteiger partial charge is 0.507 e. The number of ketones is 1. The van der Waals surface area contributed by atoms with Gasteiger partial charge in [0.25, 0.3) is 5.78 Å². The van der Waals surface area contributed by atoms with E-state index >= 15 is 0 Å². The lowest BCUT2D eigenvalue weighted by atomic mass is 9.95. The number of Topliss-reactive ketones (excluding diaryl/α,β-unsaturated/α-hetero) is 1. The fourth-order valence-electron chi connectivity index (χ4n) is 3.93. The van der Waals surface area contributed by atoms with E-state index < -0.39 is 17.7 Å². The Bertz CT molecular complexity index is 1310. The molecular formula is C24H16Cl2N2O5. The molecule has 7 nitrogen and oxygen atoms in total. The number of hydrogen-bond donors (Lipinski definition) is 1. The molecule has 2 aliphatic heterocycles. The molecule has 1 saturated heterocycles. The minimum atomic E-state index is -1.02. The number of halogens is 2. The molecule has 3 aromatic rings. The summed E-state index contributed by atoms with van der Waals surface area (Å²) >= 11 is 12.5. The summed E-state index contributed by atoms with van der Waals surface area (Å²) in [6, 6.07) is 13.5. The number of fused-ring (bicyclic) bond motifs is 1. The predicted molar refractivity (Wildman–Crippen MR) is 123 cm³/mol. The van der Waals surface area contributed by atoms with E-state index in [2.05, 4.69) is 4.98 Å². The Kier molecular flexibility index (Phi) is 5.44. The second kappa shape index (κ2) is 8.42. The summed E-state index contributed by atoms with van der Waals surface area (Å²) < 4.78 is 11.1. The number of aromatic nitrogens is 1. The van der Waals surface area contributed by atoms with Gasteiger partial charge in [0.2, 0.25) is 0 Å². The van der Waals surface area contributed by atoms with Gasteiger partial charge in [0.1, 0.15) is 24.8 Å². The van der Waals surface area contributed by atoms with Gasteiger partial charge in [-0.15, -0.1) is 0 Å². The summed E-state index contributed by atoms with van der Waals surface area (Å²) in [6.07, 6.45) is 1.51. The van der Waals surface area contributed by atoms with Crippen molar-refractivity contribution in [1.82, 2.24) is 4.98 Å². The van der Waals surface area contributed by atoms with Gasteiger partial charge in [-0.1, -0.05) is 35.3 Å². The first-order chi connectivity index (χ1) is 16.0. The molecule has 9 heteroatoms. The summed E-state index contributed by atoms with van der Waals surface area (Å²) in [6.45, 7) is 0.782. The number of rotatable bonds is 3.